The van der Waals surface area contributed by atoms with Crippen LogP contribution >= 0.6 is 0 Å². The van der Waals surface area contributed by atoms with Crippen molar-refractivity contribution in [2.24, 2.45) is 0 Å². The van der Waals surface area contributed by atoms with E-state index in [4.69, 9.17) is 4.74 Å². The second kappa shape index (κ2) is 6.25. The number of carbonyl (C=O) groups excluding carboxylic acids is 1. The number of urea groups is 1. The van der Waals surface area contributed by atoms with E-state index in [1.54, 1.807) is 0 Å². The van der Waals surface area contributed by atoms with E-state index in [0.717, 1.165) is 16.8 Å². The van der Waals surface area contributed by atoms with Gasteiger partial charge in [0, 0.05) is 12.8 Å². The van der Waals surface area contributed by atoms with Crippen LogP contribution < -0.4 is 10.6 Å². The highest BCUT2D eigenvalue weighted by Gasteiger charge is 2.11. The molecule has 17 heavy (non-hydrogen) atoms. The number of amides is 2. The molecule has 0 aliphatic rings. The van der Waals surface area contributed by atoms with Crippen molar-refractivity contribution in [1.82, 2.24) is 5.32 Å². The van der Waals surface area contributed by atoms with Crippen LogP contribution in [-0.2, 0) is 4.74 Å². The van der Waals surface area contributed by atoms with Gasteiger partial charge in [0.1, 0.15) is 6.73 Å². The second-order valence-corrected chi connectivity index (χ2v) is 4.26. The summed E-state index contributed by atoms with van der Waals surface area (Å²) in [6, 6.07) is 5.77. The Kier molecular flexibility index (Phi) is 4.97. The molecule has 0 aliphatic carbocycles. The minimum Gasteiger partial charge on any atom is -0.364 e. The standard InChI is InChI=1S/C13H20N2O2/c1-9(2)11-7-5-6-10(3)12(11)15-13(16)14-8-17-4/h5-7,9H,8H2,1-4H3,(H2,14,15,16). The van der Waals surface area contributed by atoms with Crippen LogP contribution in [0.15, 0.2) is 18.2 Å². The smallest absolute Gasteiger partial charge is 0.321 e. The summed E-state index contributed by atoms with van der Waals surface area (Å²) in [4.78, 5) is 11.6. The number of carbonyl (C=O) groups is 1. The van der Waals surface area contributed by atoms with Crippen LogP contribution in [0.2, 0.25) is 0 Å². The minimum atomic E-state index is -0.247. The van der Waals surface area contributed by atoms with Gasteiger partial charge in [-0.05, 0) is 24.0 Å². The first-order chi connectivity index (χ1) is 8.06. The van der Waals surface area contributed by atoms with E-state index in [2.05, 4.69) is 24.5 Å². The Hall–Kier alpha value is -1.55. The fraction of sp³-hybridized carbons (Fsp3) is 0.462. The minimum absolute atomic E-state index is 0.203. The zero-order valence-corrected chi connectivity index (χ0v) is 10.8. The zero-order chi connectivity index (χ0) is 12.8. The van der Waals surface area contributed by atoms with Gasteiger partial charge in [-0.15, -0.1) is 0 Å². The molecule has 0 unspecified atom stereocenters. The Labute approximate surface area is 102 Å². The normalized spacial score (nSPS) is 10.4. The van der Waals surface area contributed by atoms with Crippen molar-refractivity contribution in [2.45, 2.75) is 26.7 Å². The van der Waals surface area contributed by atoms with Gasteiger partial charge in [-0.25, -0.2) is 4.79 Å². The molecule has 0 saturated heterocycles. The summed E-state index contributed by atoms with van der Waals surface area (Å²) in [5.74, 6) is 0.368. The molecule has 0 radical (unpaired) electrons. The number of para-hydroxylation sites is 1. The lowest BCUT2D eigenvalue weighted by Crippen LogP contribution is -2.30. The molecule has 0 heterocycles. The third-order valence-corrected chi connectivity index (χ3v) is 2.54. The van der Waals surface area contributed by atoms with Crippen molar-refractivity contribution in [3.63, 3.8) is 0 Å². The Morgan fingerprint density at radius 2 is 2.12 bits per heavy atom. The highest BCUT2D eigenvalue weighted by Crippen LogP contribution is 2.27. The molecule has 0 fully saturated rings. The van der Waals surface area contributed by atoms with Gasteiger partial charge in [0.05, 0.1) is 0 Å². The molecular weight excluding hydrogens is 216 g/mol. The number of hydrogen-bond acceptors (Lipinski definition) is 2. The van der Waals surface area contributed by atoms with Crippen LogP contribution in [-0.4, -0.2) is 19.9 Å². The van der Waals surface area contributed by atoms with Crippen molar-refractivity contribution < 1.29 is 9.53 Å². The molecule has 2 amide bonds. The number of anilines is 1. The van der Waals surface area contributed by atoms with E-state index in [0.29, 0.717) is 5.92 Å². The lowest BCUT2D eigenvalue weighted by Gasteiger charge is -2.16. The van der Waals surface area contributed by atoms with Crippen molar-refractivity contribution in [2.75, 3.05) is 19.2 Å². The molecule has 94 valence electrons. The first-order valence-corrected chi connectivity index (χ1v) is 5.69. The lowest BCUT2D eigenvalue weighted by atomic mass is 9.98. The Morgan fingerprint density at radius 3 is 2.71 bits per heavy atom. The number of rotatable bonds is 4. The van der Waals surface area contributed by atoms with E-state index in [1.807, 2.05) is 25.1 Å². The van der Waals surface area contributed by atoms with E-state index >= 15 is 0 Å². The molecule has 4 nitrogen and oxygen atoms in total. The molecular formula is C13H20N2O2. The van der Waals surface area contributed by atoms with Crippen LogP contribution in [0.5, 0.6) is 0 Å². The van der Waals surface area contributed by atoms with E-state index < -0.39 is 0 Å². The van der Waals surface area contributed by atoms with Crippen LogP contribution in [0.3, 0.4) is 0 Å². The molecule has 0 aromatic heterocycles. The topological polar surface area (TPSA) is 50.4 Å². The Bertz CT molecular complexity index is 389. The van der Waals surface area contributed by atoms with Crippen LogP contribution in [0.25, 0.3) is 0 Å². The summed E-state index contributed by atoms with van der Waals surface area (Å²) in [5.41, 5.74) is 3.08. The summed E-state index contributed by atoms with van der Waals surface area (Å²) in [7, 11) is 1.54. The third kappa shape index (κ3) is 3.75. The van der Waals surface area contributed by atoms with Crippen LogP contribution in [0, 0.1) is 6.92 Å². The summed E-state index contributed by atoms with van der Waals surface area (Å²) >= 11 is 0. The fourth-order valence-corrected chi connectivity index (χ4v) is 1.64. The molecule has 0 atom stereocenters. The van der Waals surface area contributed by atoms with Gasteiger partial charge in [0.15, 0.2) is 0 Å². The summed E-state index contributed by atoms with van der Waals surface area (Å²) in [5, 5.41) is 5.47. The second-order valence-electron chi connectivity index (χ2n) is 4.26. The van der Waals surface area contributed by atoms with E-state index in [9.17, 15) is 4.79 Å². The third-order valence-electron chi connectivity index (χ3n) is 2.54. The zero-order valence-electron chi connectivity index (χ0n) is 10.8. The summed E-state index contributed by atoms with van der Waals surface area (Å²) in [6.07, 6.45) is 0. The van der Waals surface area contributed by atoms with Crippen molar-refractivity contribution in [3.8, 4) is 0 Å². The molecule has 0 spiro atoms. The molecule has 1 aromatic rings. The van der Waals surface area contributed by atoms with Gasteiger partial charge >= 0.3 is 6.03 Å². The monoisotopic (exact) mass is 236 g/mol. The first kappa shape index (κ1) is 13.5. The molecule has 0 aliphatic heterocycles. The number of aryl methyl sites for hydroxylation is 1. The maximum atomic E-state index is 11.6. The van der Waals surface area contributed by atoms with Gasteiger partial charge in [0.2, 0.25) is 0 Å². The lowest BCUT2D eigenvalue weighted by molar-refractivity contribution is 0.177. The van der Waals surface area contributed by atoms with Crippen LogP contribution in [0.1, 0.15) is 30.9 Å². The van der Waals surface area contributed by atoms with Gasteiger partial charge in [-0.1, -0.05) is 32.0 Å². The fourth-order valence-electron chi connectivity index (χ4n) is 1.64. The van der Waals surface area contributed by atoms with E-state index in [-0.39, 0.29) is 12.8 Å². The van der Waals surface area contributed by atoms with E-state index in [1.165, 1.54) is 7.11 Å². The Balaban J connectivity index is 2.85. The number of benzene rings is 1. The molecule has 0 bridgehead atoms. The largest absolute Gasteiger partial charge is 0.364 e. The molecule has 1 aromatic carbocycles. The summed E-state index contributed by atoms with van der Waals surface area (Å²) < 4.78 is 4.79. The van der Waals surface area contributed by atoms with Gasteiger partial charge in [-0.3, -0.25) is 0 Å². The molecule has 0 saturated carbocycles. The van der Waals surface area contributed by atoms with Gasteiger partial charge < -0.3 is 15.4 Å². The van der Waals surface area contributed by atoms with Crippen LogP contribution in [0.4, 0.5) is 10.5 Å². The number of nitrogens with one attached hydrogen (secondary N) is 2. The highest BCUT2D eigenvalue weighted by atomic mass is 16.5. The molecule has 4 heteroatoms. The van der Waals surface area contributed by atoms with Crippen molar-refractivity contribution >= 4 is 11.7 Å². The predicted octanol–water partition coefficient (Wildman–Crippen LogP) is 2.84. The van der Waals surface area contributed by atoms with Crippen molar-refractivity contribution in [1.29, 1.82) is 0 Å². The Morgan fingerprint density at radius 1 is 1.41 bits per heavy atom. The average Bonchev–Trinajstić information content (AvgIpc) is 2.28. The van der Waals surface area contributed by atoms with Gasteiger partial charge in [0.25, 0.3) is 0 Å². The highest BCUT2D eigenvalue weighted by molar-refractivity contribution is 5.91. The maximum Gasteiger partial charge on any atom is 0.321 e. The van der Waals surface area contributed by atoms with Gasteiger partial charge in [-0.2, -0.15) is 0 Å². The van der Waals surface area contributed by atoms with Crippen molar-refractivity contribution in [3.05, 3.63) is 29.3 Å². The number of methoxy groups -OCH3 is 1. The number of ether oxygens (including phenoxy) is 1. The maximum absolute atomic E-state index is 11.6. The molecule has 1 rings (SSSR count). The number of hydrogen-bond donors (Lipinski definition) is 2. The quantitative estimate of drug-likeness (QED) is 0.790. The first-order valence-electron chi connectivity index (χ1n) is 5.69. The average molecular weight is 236 g/mol. The molecule has 2 N–H and O–H groups in total. The SMILES string of the molecule is COCNC(=O)Nc1c(C)cccc1C(C)C. The predicted molar refractivity (Wildman–Crippen MR) is 69.3 cm³/mol. The summed E-state index contributed by atoms with van der Waals surface area (Å²) in [6.45, 7) is 6.40.